The molecule has 0 aromatic rings. The third-order valence-electron chi connectivity index (χ3n) is 2.22. The van der Waals surface area contributed by atoms with E-state index in [0.717, 1.165) is 6.42 Å². The number of carbonyl (C=O) groups is 1. The van der Waals surface area contributed by atoms with E-state index in [1.165, 1.54) is 0 Å². The lowest BCUT2D eigenvalue weighted by Crippen LogP contribution is -2.17. The molecule has 0 amide bonds. The monoisotopic (exact) mass is 150 g/mol. The highest BCUT2D eigenvalue weighted by Crippen LogP contribution is 2.25. The van der Waals surface area contributed by atoms with Crippen LogP contribution in [0.25, 0.3) is 0 Å². The maximum absolute atomic E-state index is 10.9. The van der Waals surface area contributed by atoms with Gasteiger partial charge in [-0.3, -0.25) is 4.79 Å². The first-order chi connectivity index (χ1) is 5.24. The van der Waals surface area contributed by atoms with Crippen LogP contribution in [-0.2, 0) is 4.79 Å². The van der Waals surface area contributed by atoms with Crippen molar-refractivity contribution in [3.63, 3.8) is 0 Å². The Morgan fingerprint density at radius 3 is 3.09 bits per heavy atom. The number of carbonyl (C=O) groups excluding carboxylic acids is 1. The highest BCUT2D eigenvalue weighted by Gasteiger charge is 2.19. The number of hydrogen-bond donors (Lipinski definition) is 0. The van der Waals surface area contributed by atoms with Gasteiger partial charge in [0, 0.05) is 6.42 Å². The lowest BCUT2D eigenvalue weighted by Gasteiger charge is -2.21. The van der Waals surface area contributed by atoms with E-state index in [1.807, 2.05) is 12.2 Å². The molecule has 2 atom stereocenters. The second kappa shape index (κ2) is 3.51. The lowest BCUT2D eigenvalue weighted by molar-refractivity contribution is -0.116. The maximum atomic E-state index is 10.9. The fourth-order valence-electron chi connectivity index (χ4n) is 1.46. The summed E-state index contributed by atoms with van der Waals surface area (Å²) in [7, 11) is 0. The Bertz CT molecular complexity index is 191. The summed E-state index contributed by atoms with van der Waals surface area (Å²) >= 11 is 0. The molecule has 1 aliphatic carbocycles. The highest BCUT2D eigenvalue weighted by atomic mass is 16.1. The third-order valence-corrected chi connectivity index (χ3v) is 2.22. The first-order valence-corrected chi connectivity index (χ1v) is 4.06. The van der Waals surface area contributed by atoms with Crippen LogP contribution >= 0.6 is 0 Å². The predicted molar refractivity (Wildman–Crippen MR) is 46.2 cm³/mol. The minimum atomic E-state index is 0.262. The van der Waals surface area contributed by atoms with Crippen molar-refractivity contribution < 1.29 is 4.79 Å². The van der Waals surface area contributed by atoms with Crippen LogP contribution < -0.4 is 0 Å². The summed E-state index contributed by atoms with van der Waals surface area (Å²) in [6, 6.07) is 0. The van der Waals surface area contributed by atoms with E-state index in [0.29, 0.717) is 18.3 Å². The molecule has 0 aliphatic heterocycles. The van der Waals surface area contributed by atoms with Crippen molar-refractivity contribution in [2.75, 3.05) is 0 Å². The molecule has 0 spiro atoms. The lowest BCUT2D eigenvalue weighted by atomic mass is 9.83. The minimum Gasteiger partial charge on any atom is -0.295 e. The van der Waals surface area contributed by atoms with Gasteiger partial charge >= 0.3 is 0 Å². The van der Waals surface area contributed by atoms with Crippen molar-refractivity contribution >= 4 is 5.78 Å². The Morgan fingerprint density at radius 2 is 2.55 bits per heavy atom. The predicted octanol–water partition coefficient (Wildman–Crippen LogP) is 2.34. The summed E-state index contributed by atoms with van der Waals surface area (Å²) in [5.41, 5.74) is 0. The van der Waals surface area contributed by atoms with Crippen LogP contribution in [0, 0.1) is 11.8 Å². The summed E-state index contributed by atoms with van der Waals surface area (Å²) in [4.78, 5) is 10.9. The summed E-state index contributed by atoms with van der Waals surface area (Å²) < 4.78 is 0. The fourth-order valence-corrected chi connectivity index (χ4v) is 1.46. The average Bonchev–Trinajstić information content (AvgIpc) is 1.95. The molecular formula is C10H14O. The number of rotatable bonds is 2. The zero-order chi connectivity index (χ0) is 8.27. The zero-order valence-electron chi connectivity index (χ0n) is 6.92. The Balaban J connectivity index is 2.60. The maximum Gasteiger partial charge on any atom is 0.155 e. The van der Waals surface area contributed by atoms with E-state index in [2.05, 4.69) is 13.5 Å². The van der Waals surface area contributed by atoms with E-state index in [4.69, 9.17) is 0 Å². The molecule has 0 fully saturated rings. The second-order valence-corrected chi connectivity index (χ2v) is 3.20. The molecule has 0 saturated heterocycles. The van der Waals surface area contributed by atoms with Crippen molar-refractivity contribution in [2.45, 2.75) is 19.8 Å². The Labute approximate surface area is 67.8 Å². The van der Waals surface area contributed by atoms with Gasteiger partial charge in [0.2, 0.25) is 0 Å². The smallest absolute Gasteiger partial charge is 0.155 e. The minimum absolute atomic E-state index is 0.262. The van der Waals surface area contributed by atoms with E-state index in [-0.39, 0.29) is 5.78 Å². The summed E-state index contributed by atoms with van der Waals surface area (Å²) in [6.07, 6.45) is 7.33. The van der Waals surface area contributed by atoms with Crippen LogP contribution in [0.4, 0.5) is 0 Å². The molecule has 0 aromatic carbocycles. The van der Waals surface area contributed by atoms with Gasteiger partial charge in [-0.15, -0.1) is 6.58 Å². The van der Waals surface area contributed by atoms with Crippen LogP contribution in [-0.4, -0.2) is 5.78 Å². The van der Waals surface area contributed by atoms with Crippen LogP contribution in [0.5, 0.6) is 0 Å². The van der Waals surface area contributed by atoms with Crippen LogP contribution in [0.1, 0.15) is 19.8 Å². The van der Waals surface area contributed by atoms with E-state index in [9.17, 15) is 4.79 Å². The first-order valence-electron chi connectivity index (χ1n) is 4.06. The van der Waals surface area contributed by atoms with E-state index < -0.39 is 0 Å². The Hall–Kier alpha value is -0.850. The van der Waals surface area contributed by atoms with Gasteiger partial charge in [0.05, 0.1) is 0 Å². The first kappa shape index (κ1) is 8.25. The number of allylic oxidation sites excluding steroid dienone is 3. The Morgan fingerprint density at radius 1 is 1.82 bits per heavy atom. The van der Waals surface area contributed by atoms with Crippen LogP contribution in [0.2, 0.25) is 0 Å². The summed E-state index contributed by atoms with van der Waals surface area (Å²) in [5.74, 6) is 1.29. The SMILES string of the molecule is C=CC[C@@H]1C=CC(=O)C[C@H]1C. The zero-order valence-corrected chi connectivity index (χ0v) is 6.92. The summed E-state index contributed by atoms with van der Waals surface area (Å²) in [6.45, 7) is 5.81. The third kappa shape index (κ3) is 2.04. The molecule has 0 aromatic heterocycles. The average molecular weight is 150 g/mol. The van der Waals surface area contributed by atoms with Gasteiger partial charge < -0.3 is 0 Å². The molecule has 0 bridgehead atoms. The van der Waals surface area contributed by atoms with Crippen LogP contribution in [0.15, 0.2) is 24.8 Å². The molecule has 0 unspecified atom stereocenters. The molecule has 11 heavy (non-hydrogen) atoms. The molecule has 1 heteroatoms. The standard InChI is InChI=1S/C10H14O/c1-3-4-9-5-6-10(11)7-8(9)2/h3,5-6,8-9H,1,4,7H2,2H3/t8-,9-/m1/s1. The van der Waals surface area contributed by atoms with Gasteiger partial charge in [0.1, 0.15) is 0 Å². The molecule has 0 heterocycles. The normalized spacial score (nSPS) is 30.5. The summed E-state index contributed by atoms with van der Waals surface area (Å²) in [5, 5.41) is 0. The van der Waals surface area contributed by atoms with Gasteiger partial charge in [0.15, 0.2) is 5.78 Å². The van der Waals surface area contributed by atoms with Crippen molar-refractivity contribution in [3.05, 3.63) is 24.8 Å². The largest absolute Gasteiger partial charge is 0.295 e. The van der Waals surface area contributed by atoms with Gasteiger partial charge in [0.25, 0.3) is 0 Å². The Kier molecular flexibility index (Phi) is 2.64. The second-order valence-electron chi connectivity index (χ2n) is 3.20. The molecule has 0 radical (unpaired) electrons. The van der Waals surface area contributed by atoms with Crippen LogP contribution in [0.3, 0.4) is 0 Å². The molecule has 1 nitrogen and oxygen atoms in total. The fraction of sp³-hybridized carbons (Fsp3) is 0.500. The molecule has 60 valence electrons. The molecular weight excluding hydrogens is 136 g/mol. The van der Waals surface area contributed by atoms with Gasteiger partial charge in [-0.2, -0.15) is 0 Å². The van der Waals surface area contributed by atoms with Crippen molar-refractivity contribution in [1.82, 2.24) is 0 Å². The van der Waals surface area contributed by atoms with Crippen molar-refractivity contribution in [3.8, 4) is 0 Å². The van der Waals surface area contributed by atoms with Gasteiger partial charge in [-0.05, 0) is 24.3 Å². The molecule has 1 aliphatic rings. The van der Waals surface area contributed by atoms with E-state index >= 15 is 0 Å². The van der Waals surface area contributed by atoms with Gasteiger partial charge in [-0.25, -0.2) is 0 Å². The molecule has 1 rings (SSSR count). The quantitative estimate of drug-likeness (QED) is 0.552. The topological polar surface area (TPSA) is 17.1 Å². The highest BCUT2D eigenvalue weighted by molar-refractivity contribution is 5.90. The molecule has 0 N–H and O–H groups in total. The number of ketones is 1. The number of hydrogen-bond acceptors (Lipinski definition) is 1. The van der Waals surface area contributed by atoms with E-state index in [1.54, 1.807) is 6.08 Å². The van der Waals surface area contributed by atoms with Crippen molar-refractivity contribution in [2.24, 2.45) is 11.8 Å². The molecule has 0 saturated carbocycles. The van der Waals surface area contributed by atoms with Crippen molar-refractivity contribution in [1.29, 1.82) is 0 Å². The van der Waals surface area contributed by atoms with Gasteiger partial charge in [-0.1, -0.05) is 19.1 Å².